The minimum Gasteiger partial charge on any atom is -0.478 e. The Morgan fingerprint density at radius 2 is 1.97 bits per heavy atom. The first-order valence-corrected chi connectivity index (χ1v) is 12.5. The summed E-state index contributed by atoms with van der Waals surface area (Å²) >= 11 is 0. The Morgan fingerprint density at radius 1 is 1.31 bits per heavy atom. The van der Waals surface area contributed by atoms with Crippen LogP contribution >= 0.6 is 0 Å². The minimum absolute atomic E-state index is 0.0225. The molecule has 0 spiro atoms. The third-order valence-electron chi connectivity index (χ3n) is 6.82. The van der Waals surface area contributed by atoms with E-state index >= 15 is 0 Å². The Bertz CT molecular complexity index is 1100. The summed E-state index contributed by atoms with van der Waals surface area (Å²) in [7, 11) is 5.35. The summed E-state index contributed by atoms with van der Waals surface area (Å²) in [6.07, 6.45) is 7.68. The van der Waals surface area contributed by atoms with Crippen molar-refractivity contribution in [1.82, 2.24) is 29.1 Å². The van der Waals surface area contributed by atoms with E-state index in [0.29, 0.717) is 53.3 Å². The summed E-state index contributed by atoms with van der Waals surface area (Å²) in [6, 6.07) is 0. The lowest BCUT2D eigenvalue weighted by Crippen LogP contribution is -2.32. The number of hydrogen-bond donors (Lipinski definition) is 1. The van der Waals surface area contributed by atoms with Gasteiger partial charge in [0, 0.05) is 51.8 Å². The Kier molecular flexibility index (Phi) is 8.60. The first-order chi connectivity index (χ1) is 17.3. The first kappa shape index (κ1) is 27.0. The summed E-state index contributed by atoms with van der Waals surface area (Å²) in [5.41, 5.74) is 2.43. The molecule has 2 fully saturated rings. The minimum atomic E-state index is -0.0225. The third-order valence-corrected chi connectivity index (χ3v) is 6.82. The van der Waals surface area contributed by atoms with Crippen molar-refractivity contribution in [1.29, 1.82) is 0 Å². The molecule has 1 saturated heterocycles. The number of ether oxygens (including phenoxy) is 1. The second kappa shape index (κ2) is 11.5. The monoisotopic (exact) mass is 497 g/mol. The molecule has 2 unspecified atom stereocenters. The number of aromatic nitrogens is 4. The van der Waals surface area contributed by atoms with Crippen LogP contribution in [0.25, 0.3) is 5.70 Å². The number of fused-ring (bicyclic) bond motifs is 1. The molecule has 36 heavy (non-hydrogen) atoms. The van der Waals surface area contributed by atoms with Gasteiger partial charge in [0.05, 0.1) is 19.0 Å². The number of nitrogens with zero attached hydrogens (tertiary/aromatic N) is 6. The maximum atomic E-state index is 12.1. The average Bonchev–Trinajstić information content (AvgIpc) is 3.26. The molecule has 10 nitrogen and oxygen atoms in total. The van der Waals surface area contributed by atoms with Crippen molar-refractivity contribution >= 4 is 23.7 Å². The fourth-order valence-electron chi connectivity index (χ4n) is 4.97. The SMILES string of the molecule is C=CC(=O)N1CC2C(CN(C=O)/C=C(/Nc3cn(C)nc3OC)c3ncc(C(C)C)n3C)C2C1.CC. The lowest BCUT2D eigenvalue weighted by Gasteiger charge is -2.21. The maximum absolute atomic E-state index is 12.1. The van der Waals surface area contributed by atoms with Crippen LogP contribution < -0.4 is 10.1 Å². The summed E-state index contributed by atoms with van der Waals surface area (Å²) in [5, 5.41) is 7.68. The van der Waals surface area contributed by atoms with Gasteiger partial charge >= 0.3 is 0 Å². The van der Waals surface area contributed by atoms with E-state index < -0.39 is 0 Å². The molecule has 1 aliphatic carbocycles. The van der Waals surface area contributed by atoms with Crippen LogP contribution in [0.15, 0.2) is 31.2 Å². The molecule has 0 radical (unpaired) electrons. The number of likely N-dealkylation sites (tertiary alicyclic amines) is 1. The zero-order chi connectivity index (χ0) is 26.6. The van der Waals surface area contributed by atoms with Crippen molar-refractivity contribution in [2.24, 2.45) is 31.8 Å². The quantitative estimate of drug-likeness (QED) is 0.400. The number of methoxy groups -OCH3 is 1. The highest BCUT2D eigenvalue weighted by Gasteiger charge is 2.56. The van der Waals surface area contributed by atoms with E-state index in [1.165, 1.54) is 6.08 Å². The van der Waals surface area contributed by atoms with Crippen LogP contribution in [0.2, 0.25) is 0 Å². The van der Waals surface area contributed by atoms with Gasteiger partial charge in [-0.25, -0.2) is 4.98 Å². The highest BCUT2D eigenvalue weighted by Crippen LogP contribution is 2.52. The molecular formula is C26H39N7O3. The fraction of sp³-hybridized carbons (Fsp3) is 0.538. The summed E-state index contributed by atoms with van der Waals surface area (Å²) in [4.78, 5) is 32.1. The average molecular weight is 498 g/mol. The number of hydrogen-bond acceptors (Lipinski definition) is 6. The molecule has 1 saturated carbocycles. The van der Waals surface area contributed by atoms with Gasteiger partial charge in [0.2, 0.25) is 12.3 Å². The molecule has 2 aromatic rings. The van der Waals surface area contributed by atoms with Crippen LogP contribution in [0.3, 0.4) is 0 Å². The standard InChI is InChI=1S/C24H33N7O3.C2H6/c1-7-22(33)31-10-17-16(18(17)11-31)9-30(14-32)13-19(23-25-8-21(15(2)3)29(23)5)26-20-12-28(4)27-24(20)34-6;1-2/h7-8,12-18,26H,1,9-11H2,2-6H3;1-2H3/b19-13+;. The van der Waals surface area contributed by atoms with Gasteiger partial charge in [-0.2, -0.15) is 0 Å². The molecular weight excluding hydrogens is 458 g/mol. The summed E-state index contributed by atoms with van der Waals surface area (Å²) < 4.78 is 9.09. The molecule has 2 atom stereocenters. The van der Waals surface area contributed by atoms with Gasteiger partial charge in [-0.15, -0.1) is 5.10 Å². The van der Waals surface area contributed by atoms with Crippen molar-refractivity contribution < 1.29 is 14.3 Å². The van der Waals surface area contributed by atoms with E-state index in [-0.39, 0.29) is 5.91 Å². The third kappa shape index (κ3) is 5.47. The van der Waals surface area contributed by atoms with Gasteiger partial charge in [-0.05, 0) is 29.7 Å². The van der Waals surface area contributed by atoms with Crippen LogP contribution in [0, 0.1) is 17.8 Å². The predicted molar refractivity (Wildman–Crippen MR) is 140 cm³/mol. The molecule has 3 heterocycles. The Balaban J connectivity index is 0.00000176. The second-order valence-corrected chi connectivity index (χ2v) is 9.35. The van der Waals surface area contributed by atoms with E-state index in [0.717, 1.165) is 25.2 Å². The number of nitrogens with one attached hydrogen (secondary N) is 1. The van der Waals surface area contributed by atoms with Gasteiger partial charge in [0.15, 0.2) is 5.82 Å². The predicted octanol–water partition coefficient (Wildman–Crippen LogP) is 3.07. The Morgan fingerprint density at radius 3 is 2.50 bits per heavy atom. The molecule has 1 aliphatic heterocycles. The lowest BCUT2D eigenvalue weighted by atomic mass is 10.1. The Labute approximate surface area is 213 Å². The van der Waals surface area contributed by atoms with E-state index in [2.05, 4.69) is 35.8 Å². The molecule has 0 bridgehead atoms. The lowest BCUT2D eigenvalue weighted by molar-refractivity contribution is -0.125. The van der Waals surface area contributed by atoms with E-state index in [9.17, 15) is 9.59 Å². The molecule has 2 aliphatic rings. The normalized spacial score (nSPS) is 20.4. The number of anilines is 1. The number of imidazole rings is 1. The van der Waals surface area contributed by atoms with E-state index in [1.807, 2.05) is 49.8 Å². The molecule has 4 rings (SSSR count). The molecule has 0 aromatic carbocycles. The number of aryl methyl sites for hydroxylation is 1. The number of rotatable bonds is 10. The van der Waals surface area contributed by atoms with Gasteiger partial charge in [0.1, 0.15) is 5.69 Å². The first-order valence-electron chi connectivity index (χ1n) is 12.5. The van der Waals surface area contributed by atoms with Gasteiger partial charge in [-0.3, -0.25) is 14.3 Å². The largest absolute Gasteiger partial charge is 0.478 e. The number of carbonyl (C=O) groups is 2. The van der Waals surface area contributed by atoms with Crippen molar-refractivity contribution in [2.45, 2.75) is 33.6 Å². The number of carbonyl (C=O) groups excluding carboxylic acids is 2. The zero-order valence-electron chi connectivity index (χ0n) is 22.4. The molecule has 1 N–H and O–H groups in total. The van der Waals surface area contributed by atoms with Gasteiger partial charge < -0.3 is 24.4 Å². The Hall–Kier alpha value is -3.56. The highest BCUT2D eigenvalue weighted by molar-refractivity contribution is 5.87. The number of amides is 2. The van der Waals surface area contributed by atoms with Crippen LogP contribution in [-0.2, 0) is 23.7 Å². The maximum Gasteiger partial charge on any atom is 0.256 e. The highest BCUT2D eigenvalue weighted by atomic mass is 16.5. The smallest absolute Gasteiger partial charge is 0.256 e. The van der Waals surface area contributed by atoms with E-state index in [4.69, 9.17) is 4.74 Å². The van der Waals surface area contributed by atoms with Crippen LogP contribution in [-0.4, -0.2) is 68.2 Å². The topological polar surface area (TPSA) is 97.5 Å². The summed E-state index contributed by atoms with van der Waals surface area (Å²) in [5.74, 6) is 2.66. The van der Waals surface area contributed by atoms with Crippen LogP contribution in [0.4, 0.5) is 5.69 Å². The van der Waals surface area contributed by atoms with Gasteiger partial charge in [-0.1, -0.05) is 34.3 Å². The van der Waals surface area contributed by atoms with Crippen LogP contribution in [0.5, 0.6) is 5.88 Å². The van der Waals surface area contributed by atoms with Crippen LogP contribution in [0.1, 0.15) is 45.1 Å². The van der Waals surface area contributed by atoms with Gasteiger partial charge in [0.25, 0.3) is 5.88 Å². The number of piperidine rings is 1. The molecule has 10 heteroatoms. The molecule has 196 valence electrons. The second-order valence-electron chi connectivity index (χ2n) is 9.35. The van der Waals surface area contributed by atoms with E-state index in [1.54, 1.807) is 22.9 Å². The van der Waals surface area contributed by atoms with Crippen molar-refractivity contribution in [3.8, 4) is 5.88 Å². The fourth-order valence-corrected chi connectivity index (χ4v) is 4.97. The molecule has 2 amide bonds. The van der Waals surface area contributed by atoms with Crippen molar-refractivity contribution in [3.05, 3.63) is 42.8 Å². The van der Waals surface area contributed by atoms with Crippen molar-refractivity contribution in [2.75, 3.05) is 32.1 Å². The zero-order valence-corrected chi connectivity index (χ0v) is 22.4. The van der Waals surface area contributed by atoms with Crippen molar-refractivity contribution in [3.63, 3.8) is 0 Å². The summed E-state index contributed by atoms with van der Waals surface area (Å²) in [6.45, 7) is 13.9. The molecule has 2 aromatic heterocycles.